The lowest BCUT2D eigenvalue weighted by Gasteiger charge is -2.06. The van der Waals surface area contributed by atoms with Gasteiger partial charge in [-0.1, -0.05) is 15.9 Å². The van der Waals surface area contributed by atoms with Gasteiger partial charge in [0.15, 0.2) is 0 Å². The first-order chi connectivity index (χ1) is 8.54. The number of hydrogen-bond acceptors (Lipinski definition) is 5. The highest BCUT2D eigenvalue weighted by Gasteiger charge is 2.22. The van der Waals surface area contributed by atoms with E-state index in [1.54, 1.807) is 13.0 Å². The number of nitrogens with zero attached hydrogens (tertiary/aromatic N) is 2. The molecule has 7 heteroatoms. The molecule has 0 heterocycles. The Morgan fingerprint density at radius 3 is 2.72 bits per heavy atom. The number of halogens is 1. The summed E-state index contributed by atoms with van der Waals surface area (Å²) >= 11 is 3.10. The molecule has 0 fully saturated rings. The number of nitro groups is 1. The smallest absolute Gasteiger partial charge is 0.338 e. The van der Waals surface area contributed by atoms with Crippen LogP contribution in [0.25, 0.3) is 0 Å². The maximum absolute atomic E-state index is 11.5. The quantitative estimate of drug-likeness (QED) is 0.368. The van der Waals surface area contributed by atoms with Gasteiger partial charge in [-0.05, 0) is 19.1 Å². The summed E-state index contributed by atoms with van der Waals surface area (Å²) < 4.78 is 4.79. The molecule has 0 atom stereocenters. The third-order valence-corrected chi connectivity index (χ3v) is 2.75. The monoisotopic (exact) mass is 312 g/mol. The van der Waals surface area contributed by atoms with Crippen LogP contribution >= 0.6 is 15.9 Å². The summed E-state index contributed by atoms with van der Waals surface area (Å²) in [5.74, 6) is -0.605. The van der Waals surface area contributed by atoms with Gasteiger partial charge in [0.1, 0.15) is 11.6 Å². The molecular weight excluding hydrogens is 304 g/mol. The van der Waals surface area contributed by atoms with E-state index in [0.29, 0.717) is 0 Å². The first-order valence-electron chi connectivity index (χ1n) is 4.99. The van der Waals surface area contributed by atoms with Gasteiger partial charge < -0.3 is 4.74 Å². The number of nitro benzene ring substituents is 1. The molecule has 0 bridgehead atoms. The van der Waals surface area contributed by atoms with E-state index < -0.39 is 10.9 Å². The fraction of sp³-hybridized carbons (Fsp3) is 0.273. The molecule has 0 radical (unpaired) electrons. The van der Waals surface area contributed by atoms with Crippen LogP contribution in [0.2, 0.25) is 0 Å². The van der Waals surface area contributed by atoms with E-state index in [4.69, 9.17) is 10.00 Å². The second-order valence-corrected chi connectivity index (χ2v) is 3.82. The number of carbonyl (C=O) groups is 1. The van der Waals surface area contributed by atoms with Gasteiger partial charge in [0, 0.05) is 10.9 Å². The molecule has 0 aliphatic heterocycles. The number of benzene rings is 1. The SMILES string of the molecule is CCOC(=O)c1cc(C#N)c([N+](=O)[O-])c(CBr)c1. The predicted octanol–water partition coefficient (Wildman–Crippen LogP) is 2.54. The summed E-state index contributed by atoms with van der Waals surface area (Å²) in [5.41, 5.74) is -0.0435. The number of ether oxygens (including phenoxy) is 1. The third-order valence-electron chi connectivity index (χ3n) is 2.15. The average molecular weight is 313 g/mol. The number of rotatable bonds is 4. The van der Waals surface area contributed by atoms with E-state index in [-0.39, 0.29) is 34.3 Å². The van der Waals surface area contributed by atoms with E-state index >= 15 is 0 Å². The van der Waals surface area contributed by atoms with Crippen molar-refractivity contribution in [2.75, 3.05) is 6.61 Å². The summed E-state index contributed by atoms with van der Waals surface area (Å²) in [7, 11) is 0. The van der Waals surface area contributed by atoms with Crippen molar-refractivity contribution in [3.05, 3.63) is 38.9 Å². The molecule has 0 saturated carbocycles. The molecule has 0 N–H and O–H groups in total. The highest BCUT2D eigenvalue weighted by Crippen LogP contribution is 2.27. The molecule has 1 aromatic carbocycles. The maximum Gasteiger partial charge on any atom is 0.338 e. The van der Waals surface area contributed by atoms with Crippen LogP contribution in [0.15, 0.2) is 12.1 Å². The summed E-state index contributed by atoms with van der Waals surface area (Å²) in [4.78, 5) is 21.8. The van der Waals surface area contributed by atoms with Gasteiger partial charge in [0.05, 0.1) is 17.1 Å². The lowest BCUT2D eigenvalue weighted by Crippen LogP contribution is -2.07. The zero-order chi connectivity index (χ0) is 13.7. The minimum absolute atomic E-state index is 0.133. The zero-order valence-electron chi connectivity index (χ0n) is 9.47. The number of carbonyl (C=O) groups excluding carboxylic acids is 1. The van der Waals surface area contributed by atoms with Crippen LogP contribution in [0, 0.1) is 21.4 Å². The number of nitriles is 1. The van der Waals surface area contributed by atoms with Gasteiger partial charge in [-0.3, -0.25) is 10.1 Å². The lowest BCUT2D eigenvalue weighted by atomic mass is 10.0. The fourth-order valence-electron chi connectivity index (χ4n) is 1.43. The minimum atomic E-state index is -0.635. The molecule has 18 heavy (non-hydrogen) atoms. The molecule has 0 aliphatic rings. The molecule has 0 amide bonds. The van der Waals surface area contributed by atoms with E-state index in [1.807, 2.05) is 0 Å². The Labute approximate surface area is 111 Å². The summed E-state index contributed by atoms with van der Waals surface area (Å²) in [6, 6.07) is 4.24. The van der Waals surface area contributed by atoms with E-state index in [1.165, 1.54) is 12.1 Å². The van der Waals surface area contributed by atoms with Crippen molar-refractivity contribution < 1.29 is 14.5 Å². The Balaban J connectivity index is 3.41. The van der Waals surface area contributed by atoms with Crippen molar-refractivity contribution in [1.29, 1.82) is 5.26 Å². The highest BCUT2D eigenvalue weighted by molar-refractivity contribution is 9.08. The van der Waals surface area contributed by atoms with Crippen molar-refractivity contribution in [2.45, 2.75) is 12.3 Å². The van der Waals surface area contributed by atoms with Crippen molar-refractivity contribution in [3.63, 3.8) is 0 Å². The average Bonchev–Trinajstić information content (AvgIpc) is 2.36. The molecule has 0 spiro atoms. The van der Waals surface area contributed by atoms with E-state index in [9.17, 15) is 14.9 Å². The molecule has 6 nitrogen and oxygen atoms in total. The van der Waals surface area contributed by atoms with Crippen molar-refractivity contribution in [2.24, 2.45) is 0 Å². The Morgan fingerprint density at radius 2 is 2.28 bits per heavy atom. The molecular formula is C11H9BrN2O4. The molecule has 0 saturated heterocycles. The van der Waals surface area contributed by atoms with Crippen LogP contribution in [0.5, 0.6) is 0 Å². The second kappa shape index (κ2) is 6.12. The van der Waals surface area contributed by atoms with Crippen LogP contribution in [-0.4, -0.2) is 17.5 Å². The second-order valence-electron chi connectivity index (χ2n) is 3.25. The Morgan fingerprint density at radius 1 is 1.61 bits per heavy atom. The summed E-state index contributed by atoms with van der Waals surface area (Å²) in [5, 5.41) is 20.0. The zero-order valence-corrected chi connectivity index (χ0v) is 11.1. The predicted molar refractivity (Wildman–Crippen MR) is 66.4 cm³/mol. The van der Waals surface area contributed by atoms with Gasteiger partial charge in [0.25, 0.3) is 5.69 Å². The Bertz CT molecular complexity index is 537. The van der Waals surface area contributed by atoms with Crippen molar-refractivity contribution >= 4 is 27.6 Å². The fourth-order valence-corrected chi connectivity index (χ4v) is 1.86. The summed E-state index contributed by atoms with van der Waals surface area (Å²) in [6.07, 6.45) is 0. The van der Waals surface area contributed by atoms with E-state index in [0.717, 1.165) is 0 Å². The largest absolute Gasteiger partial charge is 0.462 e. The normalized spacial score (nSPS) is 9.61. The van der Waals surface area contributed by atoms with Crippen LogP contribution < -0.4 is 0 Å². The first kappa shape index (κ1) is 14.1. The first-order valence-corrected chi connectivity index (χ1v) is 6.11. The minimum Gasteiger partial charge on any atom is -0.462 e. The van der Waals surface area contributed by atoms with Gasteiger partial charge in [-0.25, -0.2) is 4.79 Å². The number of alkyl halides is 1. The molecule has 94 valence electrons. The van der Waals surface area contributed by atoms with Gasteiger partial charge in [0.2, 0.25) is 0 Å². The van der Waals surface area contributed by atoms with E-state index in [2.05, 4.69) is 15.9 Å². The molecule has 0 aliphatic carbocycles. The van der Waals surface area contributed by atoms with Gasteiger partial charge >= 0.3 is 5.97 Å². The van der Waals surface area contributed by atoms with Crippen LogP contribution in [0.1, 0.15) is 28.4 Å². The maximum atomic E-state index is 11.5. The lowest BCUT2D eigenvalue weighted by molar-refractivity contribution is -0.385. The highest BCUT2D eigenvalue weighted by atomic mass is 79.9. The topological polar surface area (TPSA) is 93.2 Å². The van der Waals surface area contributed by atoms with Crippen LogP contribution in [0.4, 0.5) is 5.69 Å². The van der Waals surface area contributed by atoms with Crippen molar-refractivity contribution in [1.82, 2.24) is 0 Å². The van der Waals surface area contributed by atoms with Gasteiger partial charge in [-0.2, -0.15) is 5.26 Å². The molecule has 0 unspecified atom stereocenters. The van der Waals surface area contributed by atoms with Crippen molar-refractivity contribution in [3.8, 4) is 6.07 Å². The Hall–Kier alpha value is -1.94. The molecule has 1 rings (SSSR count). The number of hydrogen-bond donors (Lipinski definition) is 0. The third kappa shape index (κ3) is 2.84. The molecule has 0 aromatic heterocycles. The molecule has 1 aromatic rings. The number of esters is 1. The van der Waals surface area contributed by atoms with Crippen LogP contribution in [0.3, 0.4) is 0 Å². The van der Waals surface area contributed by atoms with Gasteiger partial charge in [-0.15, -0.1) is 0 Å². The summed E-state index contributed by atoms with van der Waals surface area (Å²) in [6.45, 7) is 1.85. The Kier molecular flexibility index (Phi) is 4.80. The van der Waals surface area contributed by atoms with Crippen LogP contribution in [-0.2, 0) is 10.1 Å². The standard InChI is InChI=1S/C11H9BrN2O4/c1-2-18-11(15)7-3-8(5-12)10(14(16)17)9(4-7)6-13/h3-4H,2,5H2,1H3.